The maximum Gasteiger partial charge on any atom is 0.117 e. The van der Waals surface area contributed by atoms with E-state index in [-0.39, 0.29) is 19.8 Å². The first-order valence-corrected chi connectivity index (χ1v) is 19.3. The van der Waals surface area contributed by atoms with E-state index in [0.29, 0.717) is 13.2 Å². The Morgan fingerprint density at radius 1 is 0.509 bits per heavy atom. The minimum atomic E-state index is -1.07. The number of aliphatic hydroxyl groups excluding tert-OH is 1. The molecule has 0 radical (unpaired) electrons. The quantitative estimate of drug-likeness (QED) is 0.0933. The third-order valence-electron chi connectivity index (χ3n) is 9.44. The van der Waals surface area contributed by atoms with Crippen molar-refractivity contribution in [1.82, 2.24) is 4.98 Å². The van der Waals surface area contributed by atoms with Crippen molar-refractivity contribution >= 4 is 26.8 Å². The number of aliphatic hydroxyl groups is 1. The second kappa shape index (κ2) is 19.6. The minimum Gasteiger partial charge on any atom is -0.388 e. The van der Waals surface area contributed by atoms with Gasteiger partial charge in [0.25, 0.3) is 0 Å². The molecule has 7 heteroatoms. The number of ether oxygens (including phenoxy) is 4. The lowest BCUT2D eigenvalue weighted by molar-refractivity contribution is -0.189. The normalized spacial score (nSPS) is 13.6. The Morgan fingerprint density at radius 2 is 0.982 bits per heavy atom. The van der Waals surface area contributed by atoms with E-state index in [1.54, 1.807) is 0 Å². The van der Waals surface area contributed by atoms with Crippen LogP contribution >= 0.6 is 15.9 Å². The molecule has 0 saturated carbocycles. The van der Waals surface area contributed by atoms with E-state index in [1.807, 2.05) is 164 Å². The highest BCUT2D eigenvalue weighted by Gasteiger charge is 2.39. The van der Waals surface area contributed by atoms with Gasteiger partial charge in [0.1, 0.15) is 24.4 Å². The van der Waals surface area contributed by atoms with Crippen molar-refractivity contribution in [2.45, 2.75) is 50.8 Å². The second-order valence-corrected chi connectivity index (χ2v) is 14.3. The van der Waals surface area contributed by atoms with E-state index in [4.69, 9.17) is 23.9 Å². The van der Waals surface area contributed by atoms with E-state index in [0.717, 1.165) is 54.5 Å². The van der Waals surface area contributed by atoms with Gasteiger partial charge in [0.05, 0.1) is 44.2 Å². The predicted octanol–water partition coefficient (Wildman–Crippen LogP) is 10.7. The van der Waals surface area contributed by atoms with Gasteiger partial charge in [-0.15, -0.1) is 0 Å². The van der Waals surface area contributed by atoms with Crippen LogP contribution in [-0.4, -0.2) is 35.0 Å². The molecule has 0 aliphatic carbocycles. The number of pyridine rings is 1. The van der Waals surface area contributed by atoms with E-state index >= 15 is 0 Å². The molecule has 1 N–H and O–H groups in total. The number of benzene rings is 6. The van der Waals surface area contributed by atoms with E-state index < -0.39 is 24.4 Å². The summed E-state index contributed by atoms with van der Waals surface area (Å²) in [6.07, 6.45) is -3.46. The fourth-order valence-electron chi connectivity index (χ4n) is 6.61. The molecule has 7 aromatic rings. The zero-order chi connectivity index (χ0) is 37.7. The highest BCUT2D eigenvalue weighted by atomic mass is 79.9. The van der Waals surface area contributed by atoms with Crippen molar-refractivity contribution in [3.63, 3.8) is 0 Å². The van der Waals surface area contributed by atoms with Crippen LogP contribution in [0.3, 0.4) is 0 Å². The van der Waals surface area contributed by atoms with Crippen LogP contribution in [0.4, 0.5) is 0 Å². The minimum absolute atomic E-state index is 0.0200. The number of halogens is 1. The Hall–Kier alpha value is -4.99. The zero-order valence-corrected chi connectivity index (χ0v) is 32.1. The topological polar surface area (TPSA) is 70.0 Å². The van der Waals surface area contributed by atoms with Gasteiger partial charge in [-0.25, -0.2) is 4.98 Å². The van der Waals surface area contributed by atoms with Gasteiger partial charge < -0.3 is 24.1 Å². The summed E-state index contributed by atoms with van der Waals surface area (Å²) in [6, 6.07) is 58.3. The summed E-state index contributed by atoms with van der Waals surface area (Å²) in [7, 11) is 0. The van der Waals surface area contributed by atoms with Gasteiger partial charge in [-0.05, 0) is 52.1 Å². The first-order chi connectivity index (χ1) is 27.1. The van der Waals surface area contributed by atoms with Gasteiger partial charge in [0.2, 0.25) is 0 Å². The van der Waals surface area contributed by atoms with Crippen LogP contribution in [0, 0.1) is 0 Å². The number of hydrogen-bond donors (Lipinski definition) is 1. The van der Waals surface area contributed by atoms with Crippen LogP contribution in [0.15, 0.2) is 180 Å². The van der Waals surface area contributed by atoms with Crippen molar-refractivity contribution in [1.29, 1.82) is 0 Å². The molecule has 1 aromatic heterocycles. The standard InChI is InChI=1S/C48H44BrNO5/c49-40-27-25-39(26-28-40)44-29-42(41-23-13-14-24-43(41)50-44)46(53-31-36-17-7-2-8-18-36)48(55-33-38-21-11-4-12-22-38)47(54-32-37-19-9-3-10-20-37)45(51)34-52-30-35-15-5-1-6-16-35/h1-29,45-48,51H,30-34H2/t45-,46+,47-,48-/m1/s1. The van der Waals surface area contributed by atoms with Crippen molar-refractivity contribution in [2.75, 3.05) is 6.61 Å². The Morgan fingerprint density at radius 3 is 1.55 bits per heavy atom. The molecular formula is C48H44BrNO5. The summed E-state index contributed by atoms with van der Waals surface area (Å²) in [5.74, 6) is 0. The molecule has 4 atom stereocenters. The molecule has 278 valence electrons. The summed E-state index contributed by atoms with van der Waals surface area (Å²) < 4.78 is 28.0. The third kappa shape index (κ3) is 10.6. The maximum atomic E-state index is 12.2. The van der Waals surface area contributed by atoms with Crippen LogP contribution in [-0.2, 0) is 45.4 Å². The molecule has 0 amide bonds. The summed E-state index contributed by atoms with van der Waals surface area (Å²) in [4.78, 5) is 5.10. The summed E-state index contributed by atoms with van der Waals surface area (Å²) in [6.45, 7) is 1.18. The second-order valence-electron chi connectivity index (χ2n) is 13.4. The summed E-state index contributed by atoms with van der Waals surface area (Å²) in [5.41, 5.74) is 7.44. The molecule has 0 unspecified atom stereocenters. The van der Waals surface area contributed by atoms with E-state index in [1.165, 1.54) is 0 Å². The molecule has 0 fully saturated rings. The lowest BCUT2D eigenvalue weighted by Crippen LogP contribution is -2.47. The summed E-state index contributed by atoms with van der Waals surface area (Å²) >= 11 is 3.58. The number of para-hydroxylation sites is 1. The lowest BCUT2D eigenvalue weighted by Gasteiger charge is -2.37. The number of hydrogen-bond acceptors (Lipinski definition) is 6. The van der Waals surface area contributed by atoms with Gasteiger partial charge in [0.15, 0.2) is 0 Å². The number of fused-ring (bicyclic) bond motifs is 1. The Bertz CT molecular complexity index is 2190. The van der Waals surface area contributed by atoms with Crippen LogP contribution in [0.25, 0.3) is 22.2 Å². The maximum absolute atomic E-state index is 12.2. The molecule has 6 aromatic carbocycles. The SMILES string of the molecule is O[C@H](COCc1ccccc1)[C@@H](OCc1ccccc1)[C@H](OCc1ccccc1)[C@@H](OCc1ccccc1)c1cc(-c2ccc(Br)cc2)nc2ccccc12. The highest BCUT2D eigenvalue weighted by molar-refractivity contribution is 9.10. The zero-order valence-electron chi connectivity index (χ0n) is 30.5. The van der Waals surface area contributed by atoms with Crippen molar-refractivity contribution in [2.24, 2.45) is 0 Å². The smallest absolute Gasteiger partial charge is 0.117 e. The van der Waals surface area contributed by atoms with Gasteiger partial charge >= 0.3 is 0 Å². The Kier molecular flexibility index (Phi) is 13.6. The monoisotopic (exact) mass is 793 g/mol. The molecule has 6 nitrogen and oxygen atoms in total. The van der Waals surface area contributed by atoms with Gasteiger partial charge in [-0.1, -0.05) is 168 Å². The summed E-state index contributed by atoms with van der Waals surface area (Å²) in [5, 5.41) is 13.1. The molecule has 7 rings (SSSR count). The van der Waals surface area contributed by atoms with Crippen LogP contribution in [0.2, 0.25) is 0 Å². The van der Waals surface area contributed by atoms with Gasteiger partial charge in [-0.2, -0.15) is 0 Å². The number of rotatable bonds is 18. The first kappa shape index (κ1) is 38.3. The van der Waals surface area contributed by atoms with Crippen molar-refractivity contribution in [3.8, 4) is 11.3 Å². The van der Waals surface area contributed by atoms with Gasteiger partial charge in [-0.3, -0.25) is 0 Å². The molecule has 55 heavy (non-hydrogen) atoms. The number of nitrogens with zero attached hydrogens (tertiary/aromatic N) is 1. The molecule has 0 aliphatic rings. The van der Waals surface area contributed by atoms with Crippen molar-refractivity contribution in [3.05, 3.63) is 208 Å². The predicted molar refractivity (Wildman–Crippen MR) is 221 cm³/mol. The average molecular weight is 795 g/mol. The fraction of sp³-hybridized carbons (Fsp3) is 0.188. The first-order valence-electron chi connectivity index (χ1n) is 18.5. The van der Waals surface area contributed by atoms with Crippen LogP contribution in [0.1, 0.15) is 33.9 Å². The van der Waals surface area contributed by atoms with E-state index in [2.05, 4.69) is 28.1 Å². The largest absolute Gasteiger partial charge is 0.388 e. The van der Waals surface area contributed by atoms with Crippen LogP contribution in [0.5, 0.6) is 0 Å². The van der Waals surface area contributed by atoms with E-state index in [9.17, 15) is 5.11 Å². The molecule has 0 spiro atoms. The van der Waals surface area contributed by atoms with Crippen LogP contribution < -0.4 is 0 Å². The molecule has 1 heterocycles. The molecule has 0 aliphatic heterocycles. The molecular weight excluding hydrogens is 750 g/mol. The Balaban J connectivity index is 1.34. The fourth-order valence-corrected chi connectivity index (χ4v) is 6.87. The molecule has 0 saturated heterocycles. The van der Waals surface area contributed by atoms with Crippen molar-refractivity contribution < 1.29 is 24.1 Å². The third-order valence-corrected chi connectivity index (χ3v) is 9.97. The Labute approximate surface area is 331 Å². The highest BCUT2D eigenvalue weighted by Crippen LogP contribution is 2.37. The number of aromatic nitrogens is 1. The van der Waals surface area contributed by atoms with Gasteiger partial charge in [0, 0.05) is 15.4 Å². The lowest BCUT2D eigenvalue weighted by atomic mass is 9.92. The average Bonchev–Trinajstić information content (AvgIpc) is 3.24. The molecule has 0 bridgehead atoms.